The maximum atomic E-state index is 12.3. The van der Waals surface area contributed by atoms with Crippen LogP contribution in [0.25, 0.3) is 11.1 Å². The summed E-state index contributed by atoms with van der Waals surface area (Å²) >= 11 is 1.35. The van der Waals surface area contributed by atoms with E-state index in [-0.39, 0.29) is 11.7 Å². The predicted molar refractivity (Wildman–Crippen MR) is 105 cm³/mol. The molecular weight excluding hydrogens is 342 g/mol. The van der Waals surface area contributed by atoms with Crippen molar-refractivity contribution in [1.29, 1.82) is 5.26 Å². The molecule has 1 saturated carbocycles. The second-order valence-electron chi connectivity index (χ2n) is 6.66. The number of carbonyl (C=O) groups is 1. The van der Waals surface area contributed by atoms with E-state index >= 15 is 0 Å². The minimum atomic E-state index is 0.0235. The van der Waals surface area contributed by atoms with Crippen LogP contribution in [0.5, 0.6) is 0 Å². The predicted octanol–water partition coefficient (Wildman–Crippen LogP) is 4.47. The quantitative estimate of drug-likeness (QED) is 0.794. The minimum Gasteiger partial charge on any atom is -0.353 e. The first-order valence-electron chi connectivity index (χ1n) is 9.06. The third-order valence-electron chi connectivity index (χ3n) is 4.62. The Hall–Kier alpha value is -2.32. The van der Waals surface area contributed by atoms with E-state index in [4.69, 9.17) is 0 Å². The standard InChI is InChI=1S/C21H23N3OS/c1-15-12-18(16-8-4-2-5-9-16)19(13-22)21(23-15)26-14-20(25)24-17-10-6-3-7-11-17/h2,4-5,8-9,12,17H,3,6-7,10-11,14H2,1H3,(H,24,25). The van der Waals surface area contributed by atoms with Gasteiger partial charge in [0.05, 0.1) is 11.3 Å². The van der Waals surface area contributed by atoms with E-state index in [0.717, 1.165) is 29.7 Å². The number of hydrogen-bond donors (Lipinski definition) is 1. The van der Waals surface area contributed by atoms with Crippen molar-refractivity contribution in [3.8, 4) is 17.2 Å². The van der Waals surface area contributed by atoms with Gasteiger partial charge in [-0.3, -0.25) is 4.79 Å². The molecule has 0 aliphatic heterocycles. The van der Waals surface area contributed by atoms with Crippen LogP contribution in [0.2, 0.25) is 0 Å². The molecule has 4 nitrogen and oxygen atoms in total. The van der Waals surface area contributed by atoms with Crippen molar-refractivity contribution in [2.45, 2.75) is 50.1 Å². The van der Waals surface area contributed by atoms with Crippen LogP contribution in [0.1, 0.15) is 43.4 Å². The lowest BCUT2D eigenvalue weighted by atomic mass is 9.95. The van der Waals surface area contributed by atoms with Crippen LogP contribution in [0.4, 0.5) is 0 Å². The number of pyridine rings is 1. The highest BCUT2D eigenvalue weighted by Crippen LogP contribution is 2.31. The Morgan fingerprint density at radius 1 is 1.27 bits per heavy atom. The molecule has 1 aliphatic rings. The van der Waals surface area contributed by atoms with Gasteiger partial charge in [-0.15, -0.1) is 0 Å². The van der Waals surface area contributed by atoms with Gasteiger partial charge in [0.2, 0.25) is 5.91 Å². The SMILES string of the molecule is Cc1cc(-c2ccccc2)c(C#N)c(SCC(=O)NC2CCCCC2)n1. The fourth-order valence-electron chi connectivity index (χ4n) is 3.35. The molecule has 0 atom stereocenters. The lowest BCUT2D eigenvalue weighted by molar-refractivity contribution is -0.119. The first kappa shape index (κ1) is 18.5. The van der Waals surface area contributed by atoms with Crippen LogP contribution in [0.3, 0.4) is 0 Å². The zero-order valence-electron chi connectivity index (χ0n) is 15.0. The molecule has 0 saturated heterocycles. The number of thioether (sulfide) groups is 1. The van der Waals surface area contributed by atoms with Gasteiger partial charge in [-0.25, -0.2) is 4.98 Å². The average molecular weight is 366 g/mol. The topological polar surface area (TPSA) is 65.8 Å². The first-order chi connectivity index (χ1) is 12.7. The summed E-state index contributed by atoms with van der Waals surface area (Å²) in [6.07, 6.45) is 5.79. The van der Waals surface area contributed by atoms with Crippen molar-refractivity contribution >= 4 is 17.7 Å². The van der Waals surface area contributed by atoms with Gasteiger partial charge in [0.25, 0.3) is 0 Å². The molecule has 1 aromatic carbocycles. The lowest BCUT2D eigenvalue weighted by Crippen LogP contribution is -2.37. The highest BCUT2D eigenvalue weighted by atomic mass is 32.2. The molecule has 3 rings (SSSR count). The van der Waals surface area contributed by atoms with Crippen molar-refractivity contribution in [2.24, 2.45) is 0 Å². The molecule has 1 heterocycles. The summed E-state index contributed by atoms with van der Waals surface area (Å²) in [6.45, 7) is 1.92. The maximum absolute atomic E-state index is 12.3. The Morgan fingerprint density at radius 3 is 2.69 bits per heavy atom. The number of amides is 1. The minimum absolute atomic E-state index is 0.0235. The van der Waals surface area contributed by atoms with Crippen LogP contribution >= 0.6 is 11.8 Å². The summed E-state index contributed by atoms with van der Waals surface area (Å²) in [6, 6.07) is 14.3. The largest absolute Gasteiger partial charge is 0.353 e. The van der Waals surface area contributed by atoms with E-state index in [1.165, 1.54) is 31.0 Å². The van der Waals surface area contributed by atoms with E-state index in [1.807, 2.05) is 43.3 Å². The Balaban J connectivity index is 1.74. The van der Waals surface area contributed by atoms with Gasteiger partial charge in [-0.05, 0) is 31.4 Å². The van der Waals surface area contributed by atoms with Crippen molar-refractivity contribution in [2.75, 3.05) is 5.75 Å². The highest BCUT2D eigenvalue weighted by Gasteiger charge is 2.18. The van der Waals surface area contributed by atoms with E-state index in [2.05, 4.69) is 16.4 Å². The zero-order chi connectivity index (χ0) is 18.4. The first-order valence-corrected chi connectivity index (χ1v) is 10.1. The van der Waals surface area contributed by atoms with E-state index < -0.39 is 0 Å². The van der Waals surface area contributed by atoms with Crippen LogP contribution in [0, 0.1) is 18.3 Å². The van der Waals surface area contributed by atoms with Gasteiger partial charge < -0.3 is 5.32 Å². The molecule has 2 aromatic rings. The van der Waals surface area contributed by atoms with E-state index in [1.54, 1.807) is 0 Å². The van der Waals surface area contributed by atoms with Crippen LogP contribution in [0.15, 0.2) is 41.4 Å². The molecule has 1 aliphatic carbocycles. The number of aryl methyl sites for hydroxylation is 1. The van der Waals surface area contributed by atoms with Crippen molar-refractivity contribution in [3.63, 3.8) is 0 Å². The number of carbonyl (C=O) groups excluding carboxylic acids is 1. The zero-order valence-corrected chi connectivity index (χ0v) is 15.8. The molecule has 134 valence electrons. The van der Waals surface area contributed by atoms with Crippen LogP contribution < -0.4 is 5.32 Å². The second-order valence-corrected chi connectivity index (χ2v) is 7.62. The molecule has 1 N–H and O–H groups in total. The molecule has 5 heteroatoms. The van der Waals surface area contributed by atoms with Gasteiger partial charge in [-0.2, -0.15) is 5.26 Å². The number of rotatable bonds is 5. The van der Waals surface area contributed by atoms with Crippen LogP contribution in [-0.4, -0.2) is 22.7 Å². The fourth-order valence-corrected chi connectivity index (χ4v) is 4.21. The number of nitrogens with zero attached hydrogens (tertiary/aromatic N) is 2. The maximum Gasteiger partial charge on any atom is 0.230 e. The third-order valence-corrected chi connectivity index (χ3v) is 5.60. The van der Waals surface area contributed by atoms with Crippen LogP contribution in [-0.2, 0) is 4.79 Å². The van der Waals surface area contributed by atoms with Gasteiger partial charge >= 0.3 is 0 Å². The summed E-state index contributed by atoms with van der Waals surface area (Å²) in [5.41, 5.74) is 3.24. The van der Waals surface area contributed by atoms with Crippen molar-refractivity contribution in [1.82, 2.24) is 10.3 Å². The Kier molecular flexibility index (Phi) is 6.30. The Morgan fingerprint density at radius 2 is 2.00 bits per heavy atom. The number of hydrogen-bond acceptors (Lipinski definition) is 4. The highest BCUT2D eigenvalue weighted by molar-refractivity contribution is 8.00. The fraction of sp³-hybridized carbons (Fsp3) is 0.381. The summed E-state index contributed by atoms with van der Waals surface area (Å²) in [5, 5.41) is 13.4. The summed E-state index contributed by atoms with van der Waals surface area (Å²) in [4.78, 5) is 16.8. The number of nitriles is 1. The lowest BCUT2D eigenvalue weighted by Gasteiger charge is -2.22. The number of aromatic nitrogens is 1. The Labute approximate surface area is 159 Å². The summed E-state index contributed by atoms with van der Waals surface area (Å²) < 4.78 is 0. The average Bonchev–Trinajstić information content (AvgIpc) is 2.67. The summed E-state index contributed by atoms with van der Waals surface area (Å²) in [7, 11) is 0. The summed E-state index contributed by atoms with van der Waals surface area (Å²) in [5.74, 6) is 0.311. The normalized spacial score (nSPS) is 14.6. The smallest absolute Gasteiger partial charge is 0.230 e. The second kappa shape index (κ2) is 8.86. The Bertz CT molecular complexity index is 808. The molecule has 0 bridgehead atoms. The van der Waals surface area contributed by atoms with Crippen molar-refractivity contribution < 1.29 is 4.79 Å². The van der Waals surface area contributed by atoms with Gasteiger partial charge in [0.15, 0.2) is 0 Å². The van der Waals surface area contributed by atoms with Gasteiger partial charge in [-0.1, -0.05) is 61.4 Å². The molecule has 1 amide bonds. The molecule has 0 radical (unpaired) electrons. The molecular formula is C21H23N3OS. The molecule has 1 fully saturated rings. The van der Waals surface area contributed by atoms with Gasteiger partial charge in [0, 0.05) is 17.3 Å². The van der Waals surface area contributed by atoms with E-state index in [9.17, 15) is 10.1 Å². The molecule has 26 heavy (non-hydrogen) atoms. The number of nitrogens with one attached hydrogen (secondary N) is 1. The third kappa shape index (κ3) is 4.64. The molecule has 0 spiro atoms. The number of benzene rings is 1. The van der Waals surface area contributed by atoms with Gasteiger partial charge in [0.1, 0.15) is 11.1 Å². The van der Waals surface area contributed by atoms with Crippen molar-refractivity contribution in [3.05, 3.63) is 47.7 Å². The monoisotopic (exact) mass is 365 g/mol. The van der Waals surface area contributed by atoms with E-state index in [0.29, 0.717) is 16.6 Å². The molecule has 1 aromatic heterocycles. The molecule has 0 unspecified atom stereocenters.